The molecule has 1 aromatic heterocycles. The molecule has 1 heterocycles. The number of rotatable bonds is 6. The molecule has 1 fully saturated rings. The average Bonchev–Trinajstić information content (AvgIpc) is 3.12. The van der Waals surface area contributed by atoms with Crippen LogP contribution in [-0.2, 0) is 12.8 Å². The molecule has 19 heavy (non-hydrogen) atoms. The Bertz CT molecular complexity index is 551. The normalized spacial score (nSPS) is 14.8. The van der Waals surface area contributed by atoms with Crippen LogP contribution in [0, 0.1) is 5.82 Å². The molecule has 1 aliphatic carbocycles. The third-order valence-corrected chi connectivity index (χ3v) is 3.17. The highest BCUT2D eigenvalue weighted by Gasteiger charge is 2.20. The molecule has 100 valence electrons. The first-order valence-electron chi connectivity index (χ1n) is 6.59. The average molecular weight is 261 g/mol. The lowest BCUT2D eigenvalue weighted by molar-refractivity contribution is 0.371. The fourth-order valence-electron chi connectivity index (χ4n) is 1.95. The van der Waals surface area contributed by atoms with Crippen LogP contribution in [0.2, 0.25) is 0 Å². The SMILES string of the molecule is Fc1ccccc1Cc1noc(CCNC2CC2)n1. The summed E-state index contributed by atoms with van der Waals surface area (Å²) in [4.78, 5) is 4.28. The molecule has 1 saturated carbocycles. The van der Waals surface area contributed by atoms with Gasteiger partial charge in [-0.2, -0.15) is 4.98 Å². The topological polar surface area (TPSA) is 51.0 Å². The van der Waals surface area contributed by atoms with Gasteiger partial charge in [0.05, 0.1) is 0 Å². The maximum atomic E-state index is 13.5. The molecule has 0 bridgehead atoms. The molecule has 0 radical (unpaired) electrons. The van der Waals surface area contributed by atoms with Gasteiger partial charge in [0.1, 0.15) is 5.82 Å². The number of halogens is 1. The van der Waals surface area contributed by atoms with E-state index in [4.69, 9.17) is 4.52 Å². The summed E-state index contributed by atoms with van der Waals surface area (Å²) in [5.74, 6) is 0.912. The third-order valence-electron chi connectivity index (χ3n) is 3.17. The van der Waals surface area contributed by atoms with E-state index in [-0.39, 0.29) is 5.82 Å². The van der Waals surface area contributed by atoms with Crippen LogP contribution < -0.4 is 5.32 Å². The lowest BCUT2D eigenvalue weighted by Crippen LogP contribution is -2.19. The molecule has 1 N–H and O–H groups in total. The van der Waals surface area contributed by atoms with Crippen molar-refractivity contribution in [2.45, 2.75) is 31.7 Å². The summed E-state index contributed by atoms with van der Waals surface area (Å²) in [6, 6.07) is 7.33. The van der Waals surface area contributed by atoms with Gasteiger partial charge < -0.3 is 9.84 Å². The van der Waals surface area contributed by atoms with Gasteiger partial charge in [-0.1, -0.05) is 23.4 Å². The lowest BCUT2D eigenvalue weighted by atomic mass is 10.1. The second kappa shape index (κ2) is 5.48. The van der Waals surface area contributed by atoms with Crippen molar-refractivity contribution in [1.82, 2.24) is 15.5 Å². The van der Waals surface area contributed by atoms with Crippen molar-refractivity contribution in [3.63, 3.8) is 0 Å². The molecular formula is C14H16FN3O. The highest BCUT2D eigenvalue weighted by atomic mass is 19.1. The van der Waals surface area contributed by atoms with Gasteiger partial charge in [-0.3, -0.25) is 0 Å². The molecular weight excluding hydrogens is 245 g/mol. The van der Waals surface area contributed by atoms with Crippen molar-refractivity contribution >= 4 is 0 Å². The zero-order valence-electron chi connectivity index (χ0n) is 10.6. The van der Waals surface area contributed by atoms with Crippen molar-refractivity contribution in [2.24, 2.45) is 0 Å². The van der Waals surface area contributed by atoms with Crippen LogP contribution in [0.25, 0.3) is 0 Å². The van der Waals surface area contributed by atoms with Crippen LogP contribution in [0.5, 0.6) is 0 Å². The molecule has 0 saturated heterocycles. The maximum absolute atomic E-state index is 13.5. The zero-order chi connectivity index (χ0) is 13.1. The first-order chi connectivity index (χ1) is 9.31. The quantitative estimate of drug-likeness (QED) is 0.865. The summed E-state index contributed by atoms with van der Waals surface area (Å²) in [5.41, 5.74) is 0.589. The summed E-state index contributed by atoms with van der Waals surface area (Å²) in [5, 5.41) is 7.27. The predicted octanol–water partition coefficient (Wildman–Crippen LogP) is 2.09. The molecule has 5 heteroatoms. The smallest absolute Gasteiger partial charge is 0.227 e. The molecule has 0 aliphatic heterocycles. The van der Waals surface area contributed by atoms with Crippen LogP contribution in [0.15, 0.2) is 28.8 Å². The summed E-state index contributed by atoms with van der Waals surface area (Å²) in [6.45, 7) is 0.853. The highest BCUT2D eigenvalue weighted by Crippen LogP contribution is 2.18. The van der Waals surface area contributed by atoms with E-state index in [1.807, 2.05) is 0 Å². The molecule has 2 aromatic rings. The lowest BCUT2D eigenvalue weighted by Gasteiger charge is -1.98. The fraction of sp³-hybridized carbons (Fsp3) is 0.429. The number of hydrogen-bond donors (Lipinski definition) is 1. The second-order valence-corrected chi connectivity index (χ2v) is 4.85. The van der Waals surface area contributed by atoms with Crippen LogP contribution in [0.4, 0.5) is 4.39 Å². The van der Waals surface area contributed by atoms with Crippen LogP contribution in [-0.4, -0.2) is 22.7 Å². The van der Waals surface area contributed by atoms with Gasteiger partial charge in [-0.05, 0) is 24.5 Å². The minimum Gasteiger partial charge on any atom is -0.339 e. The first-order valence-corrected chi connectivity index (χ1v) is 6.59. The molecule has 0 atom stereocenters. The predicted molar refractivity (Wildman–Crippen MR) is 68.2 cm³/mol. The summed E-state index contributed by atoms with van der Waals surface area (Å²) >= 11 is 0. The second-order valence-electron chi connectivity index (χ2n) is 4.85. The fourth-order valence-corrected chi connectivity index (χ4v) is 1.95. The number of nitrogens with zero attached hydrogens (tertiary/aromatic N) is 2. The molecule has 0 amide bonds. The van der Waals surface area contributed by atoms with Crippen LogP contribution >= 0.6 is 0 Å². The van der Waals surface area contributed by atoms with Crippen molar-refractivity contribution in [3.8, 4) is 0 Å². The van der Waals surface area contributed by atoms with Crippen molar-refractivity contribution in [1.29, 1.82) is 0 Å². The van der Waals surface area contributed by atoms with E-state index in [0.717, 1.165) is 13.0 Å². The summed E-state index contributed by atoms with van der Waals surface area (Å²) < 4.78 is 18.6. The number of hydrogen-bond acceptors (Lipinski definition) is 4. The Balaban J connectivity index is 1.56. The Hall–Kier alpha value is -1.75. The summed E-state index contributed by atoms with van der Waals surface area (Å²) in [6.07, 6.45) is 3.62. The van der Waals surface area contributed by atoms with Crippen LogP contribution in [0.3, 0.4) is 0 Å². The molecule has 3 rings (SSSR count). The molecule has 0 spiro atoms. The molecule has 0 unspecified atom stereocenters. The van der Waals surface area contributed by atoms with Gasteiger partial charge in [-0.25, -0.2) is 4.39 Å². The van der Waals surface area contributed by atoms with Gasteiger partial charge in [0.2, 0.25) is 5.89 Å². The van der Waals surface area contributed by atoms with E-state index in [1.54, 1.807) is 18.2 Å². The van der Waals surface area contributed by atoms with E-state index in [0.29, 0.717) is 29.7 Å². The molecule has 1 aliphatic rings. The van der Waals surface area contributed by atoms with E-state index in [1.165, 1.54) is 18.9 Å². The zero-order valence-corrected chi connectivity index (χ0v) is 10.6. The Morgan fingerprint density at radius 1 is 1.32 bits per heavy atom. The maximum Gasteiger partial charge on any atom is 0.227 e. The molecule has 4 nitrogen and oxygen atoms in total. The Labute approximate surface area is 111 Å². The number of nitrogens with one attached hydrogen (secondary N) is 1. The largest absolute Gasteiger partial charge is 0.339 e. The molecule has 1 aromatic carbocycles. The summed E-state index contributed by atoms with van der Waals surface area (Å²) in [7, 11) is 0. The Kier molecular flexibility index (Phi) is 3.55. The van der Waals surface area contributed by atoms with E-state index in [2.05, 4.69) is 15.5 Å². The number of aromatic nitrogens is 2. The van der Waals surface area contributed by atoms with E-state index >= 15 is 0 Å². The van der Waals surface area contributed by atoms with Crippen LogP contribution in [0.1, 0.15) is 30.1 Å². The van der Waals surface area contributed by atoms with Gasteiger partial charge >= 0.3 is 0 Å². The van der Waals surface area contributed by atoms with Gasteiger partial charge in [0.15, 0.2) is 5.82 Å². The van der Waals surface area contributed by atoms with Crippen molar-refractivity contribution < 1.29 is 8.91 Å². The monoisotopic (exact) mass is 261 g/mol. The minimum atomic E-state index is -0.232. The third kappa shape index (κ3) is 3.38. The van der Waals surface area contributed by atoms with Gasteiger partial charge in [-0.15, -0.1) is 0 Å². The number of benzene rings is 1. The minimum absolute atomic E-state index is 0.232. The van der Waals surface area contributed by atoms with E-state index in [9.17, 15) is 4.39 Å². The van der Waals surface area contributed by atoms with Crippen molar-refractivity contribution in [2.75, 3.05) is 6.54 Å². The first kappa shape index (κ1) is 12.3. The Morgan fingerprint density at radius 2 is 2.16 bits per heavy atom. The Morgan fingerprint density at radius 3 is 2.95 bits per heavy atom. The van der Waals surface area contributed by atoms with Crippen molar-refractivity contribution in [3.05, 3.63) is 47.4 Å². The standard InChI is InChI=1S/C14H16FN3O/c15-12-4-2-1-3-10(12)9-13-17-14(19-18-13)7-8-16-11-5-6-11/h1-4,11,16H,5-9H2. The highest BCUT2D eigenvalue weighted by molar-refractivity contribution is 5.20. The van der Waals surface area contributed by atoms with Gasteiger partial charge in [0, 0.05) is 25.4 Å². The van der Waals surface area contributed by atoms with E-state index < -0.39 is 0 Å². The van der Waals surface area contributed by atoms with Gasteiger partial charge in [0.25, 0.3) is 0 Å².